The Kier molecular flexibility index (Phi) is 5.08. The van der Waals surface area contributed by atoms with Gasteiger partial charge in [0.05, 0.1) is 22.5 Å². The molecule has 26 heavy (non-hydrogen) atoms. The standard InChI is InChI=1S/C16H17ClF3N5O/c1-24-14(26)5-12(8-23-24)25-3-2-10(9-25)6-21-15-13(17)4-11(7-22-15)16(18,19)20/h4-5,7-8,10H,2-3,6,9H2,1H3,(H,21,22)/t10-/m1/s1. The molecule has 0 spiro atoms. The Balaban J connectivity index is 1.59. The first-order valence-corrected chi connectivity index (χ1v) is 8.37. The van der Waals surface area contributed by atoms with E-state index in [-0.39, 0.29) is 22.3 Å². The fourth-order valence-electron chi connectivity index (χ4n) is 2.83. The lowest BCUT2D eigenvalue weighted by Gasteiger charge is -2.18. The van der Waals surface area contributed by atoms with Crippen molar-refractivity contribution in [3.05, 3.63) is 45.5 Å². The summed E-state index contributed by atoms with van der Waals surface area (Å²) in [5.74, 6) is 0.479. The number of rotatable bonds is 4. The Labute approximate surface area is 152 Å². The quantitative estimate of drug-likeness (QED) is 0.874. The minimum Gasteiger partial charge on any atom is -0.370 e. The van der Waals surface area contributed by atoms with Crippen LogP contribution in [0.15, 0.2) is 29.3 Å². The zero-order chi connectivity index (χ0) is 18.9. The number of nitrogens with one attached hydrogen (secondary N) is 1. The zero-order valence-corrected chi connectivity index (χ0v) is 14.7. The lowest BCUT2D eigenvalue weighted by Crippen LogP contribution is -2.26. The molecule has 0 aromatic carbocycles. The van der Waals surface area contributed by atoms with Crippen LogP contribution in [0.4, 0.5) is 24.7 Å². The molecule has 6 nitrogen and oxygen atoms in total. The SMILES string of the molecule is Cn1ncc(N2CC[C@H](CNc3ncc(C(F)(F)F)cc3Cl)C2)cc1=O. The van der Waals surface area contributed by atoms with Crippen LogP contribution in [0.5, 0.6) is 0 Å². The number of aryl methyl sites for hydroxylation is 1. The fraction of sp³-hybridized carbons (Fsp3) is 0.438. The molecule has 0 radical (unpaired) electrons. The molecule has 10 heteroatoms. The van der Waals surface area contributed by atoms with E-state index in [2.05, 4.69) is 20.3 Å². The first-order valence-electron chi connectivity index (χ1n) is 7.99. The maximum atomic E-state index is 12.6. The number of aromatic nitrogens is 3. The van der Waals surface area contributed by atoms with Crippen molar-refractivity contribution in [2.75, 3.05) is 29.9 Å². The fourth-order valence-corrected chi connectivity index (χ4v) is 3.06. The van der Waals surface area contributed by atoms with Gasteiger partial charge in [0.1, 0.15) is 5.82 Å². The molecule has 0 saturated carbocycles. The van der Waals surface area contributed by atoms with Crippen LogP contribution < -0.4 is 15.8 Å². The summed E-state index contributed by atoms with van der Waals surface area (Å²) >= 11 is 5.90. The second-order valence-corrected chi connectivity index (χ2v) is 6.62. The predicted octanol–water partition coefficient (Wildman–Crippen LogP) is 2.79. The molecule has 0 amide bonds. The molecule has 3 rings (SSSR count). The van der Waals surface area contributed by atoms with Gasteiger partial charge in [-0.3, -0.25) is 4.79 Å². The Hall–Kier alpha value is -2.29. The third kappa shape index (κ3) is 4.09. The average Bonchev–Trinajstić information content (AvgIpc) is 3.04. The van der Waals surface area contributed by atoms with Gasteiger partial charge in [-0.15, -0.1) is 0 Å². The average molecular weight is 388 g/mol. The second kappa shape index (κ2) is 7.14. The molecule has 2 aromatic heterocycles. The van der Waals surface area contributed by atoms with Gasteiger partial charge in [-0.1, -0.05) is 11.6 Å². The summed E-state index contributed by atoms with van der Waals surface area (Å²) in [4.78, 5) is 17.5. The van der Waals surface area contributed by atoms with E-state index in [9.17, 15) is 18.0 Å². The minimum atomic E-state index is -4.47. The molecule has 2 aromatic rings. The van der Waals surface area contributed by atoms with Crippen LogP contribution in [0, 0.1) is 5.92 Å². The van der Waals surface area contributed by atoms with Crippen LogP contribution in [0.25, 0.3) is 0 Å². The van der Waals surface area contributed by atoms with Crippen LogP contribution in [0.3, 0.4) is 0 Å². The van der Waals surface area contributed by atoms with Gasteiger partial charge in [0, 0.05) is 38.9 Å². The van der Waals surface area contributed by atoms with Crippen molar-refractivity contribution >= 4 is 23.1 Å². The highest BCUT2D eigenvalue weighted by Gasteiger charge is 2.31. The predicted molar refractivity (Wildman–Crippen MR) is 92.5 cm³/mol. The summed E-state index contributed by atoms with van der Waals surface area (Å²) in [5, 5.41) is 6.95. The van der Waals surface area contributed by atoms with E-state index in [0.29, 0.717) is 13.1 Å². The van der Waals surface area contributed by atoms with Crippen LogP contribution in [0.1, 0.15) is 12.0 Å². The summed E-state index contributed by atoms with van der Waals surface area (Å²) in [7, 11) is 1.59. The highest BCUT2D eigenvalue weighted by atomic mass is 35.5. The first-order chi connectivity index (χ1) is 12.2. The molecule has 0 aliphatic carbocycles. The lowest BCUT2D eigenvalue weighted by molar-refractivity contribution is -0.137. The van der Waals surface area contributed by atoms with Crippen molar-refractivity contribution in [2.24, 2.45) is 13.0 Å². The van der Waals surface area contributed by atoms with Gasteiger partial charge in [0.15, 0.2) is 0 Å². The maximum absolute atomic E-state index is 12.6. The van der Waals surface area contributed by atoms with Gasteiger partial charge in [-0.05, 0) is 18.4 Å². The van der Waals surface area contributed by atoms with Gasteiger partial charge >= 0.3 is 6.18 Å². The molecule has 1 N–H and O–H groups in total. The van der Waals surface area contributed by atoms with Gasteiger partial charge in [0.2, 0.25) is 0 Å². The van der Waals surface area contributed by atoms with Crippen LogP contribution in [-0.2, 0) is 13.2 Å². The van der Waals surface area contributed by atoms with Crippen molar-refractivity contribution in [1.29, 1.82) is 0 Å². The summed E-state index contributed by atoms with van der Waals surface area (Å²) in [6.07, 6.45) is -1.19. The normalized spacial score (nSPS) is 17.6. The number of alkyl halides is 3. The van der Waals surface area contributed by atoms with Gasteiger partial charge in [0.25, 0.3) is 5.56 Å². The first kappa shape index (κ1) is 18.5. The molecule has 1 fully saturated rings. The lowest BCUT2D eigenvalue weighted by atomic mass is 10.1. The second-order valence-electron chi connectivity index (χ2n) is 6.21. The molecule has 140 valence electrons. The largest absolute Gasteiger partial charge is 0.417 e. The number of pyridine rings is 1. The van der Waals surface area contributed by atoms with Gasteiger partial charge < -0.3 is 10.2 Å². The minimum absolute atomic E-state index is 0.0644. The molecule has 3 heterocycles. The van der Waals surface area contributed by atoms with Crippen molar-refractivity contribution in [2.45, 2.75) is 12.6 Å². The summed E-state index contributed by atoms with van der Waals surface area (Å²) < 4.78 is 39.2. The van der Waals surface area contributed by atoms with Crippen LogP contribution in [0.2, 0.25) is 5.02 Å². The van der Waals surface area contributed by atoms with Gasteiger partial charge in [-0.2, -0.15) is 18.3 Å². The summed E-state index contributed by atoms with van der Waals surface area (Å²) in [5.41, 5.74) is -0.288. The van der Waals surface area contributed by atoms with E-state index in [0.717, 1.165) is 30.9 Å². The number of anilines is 2. The van der Waals surface area contributed by atoms with Crippen LogP contribution >= 0.6 is 11.6 Å². The molecule has 0 unspecified atom stereocenters. The monoisotopic (exact) mass is 387 g/mol. The Morgan fingerprint density at radius 3 is 2.77 bits per heavy atom. The topological polar surface area (TPSA) is 63.1 Å². The van der Waals surface area contributed by atoms with Crippen LogP contribution in [-0.4, -0.2) is 34.4 Å². The highest BCUT2D eigenvalue weighted by Crippen LogP contribution is 2.32. The number of hydrogen-bond acceptors (Lipinski definition) is 5. The van der Waals surface area contributed by atoms with E-state index in [4.69, 9.17) is 11.6 Å². The third-order valence-corrected chi connectivity index (χ3v) is 4.62. The Morgan fingerprint density at radius 2 is 2.12 bits per heavy atom. The molecule has 0 bridgehead atoms. The van der Waals surface area contributed by atoms with E-state index in [1.54, 1.807) is 13.2 Å². The van der Waals surface area contributed by atoms with E-state index < -0.39 is 11.7 Å². The molecular weight excluding hydrogens is 371 g/mol. The summed E-state index contributed by atoms with van der Waals surface area (Å²) in [6, 6.07) is 2.40. The van der Waals surface area contributed by atoms with Crippen molar-refractivity contribution in [3.8, 4) is 0 Å². The third-order valence-electron chi connectivity index (χ3n) is 4.33. The Morgan fingerprint density at radius 1 is 1.35 bits per heavy atom. The molecule has 1 saturated heterocycles. The number of hydrogen-bond donors (Lipinski definition) is 1. The highest BCUT2D eigenvalue weighted by molar-refractivity contribution is 6.32. The van der Waals surface area contributed by atoms with E-state index in [1.807, 2.05) is 0 Å². The Bertz CT molecular complexity index is 855. The molecule has 1 aliphatic heterocycles. The maximum Gasteiger partial charge on any atom is 0.417 e. The molecular formula is C16H17ClF3N5O. The van der Waals surface area contributed by atoms with Crippen molar-refractivity contribution in [1.82, 2.24) is 14.8 Å². The summed E-state index contributed by atoms with van der Waals surface area (Å²) in [6.45, 7) is 2.00. The van der Waals surface area contributed by atoms with E-state index >= 15 is 0 Å². The van der Waals surface area contributed by atoms with Crippen molar-refractivity contribution in [3.63, 3.8) is 0 Å². The van der Waals surface area contributed by atoms with Crippen molar-refractivity contribution < 1.29 is 13.2 Å². The smallest absolute Gasteiger partial charge is 0.370 e. The number of halogens is 4. The molecule has 1 atom stereocenters. The zero-order valence-electron chi connectivity index (χ0n) is 13.9. The number of nitrogens with zero attached hydrogens (tertiary/aromatic N) is 4. The molecule has 1 aliphatic rings. The van der Waals surface area contributed by atoms with E-state index in [1.165, 1.54) is 10.7 Å². The van der Waals surface area contributed by atoms with Gasteiger partial charge in [-0.25, -0.2) is 9.67 Å².